The van der Waals surface area contributed by atoms with Crippen molar-refractivity contribution in [2.45, 2.75) is 25.9 Å². The molecule has 78 valence electrons. The maximum Gasteiger partial charge on any atom is 0.129 e. The van der Waals surface area contributed by atoms with E-state index in [1.54, 1.807) is 12.4 Å². The van der Waals surface area contributed by atoms with E-state index in [1.165, 1.54) is 0 Å². The molecule has 0 aliphatic carbocycles. The molecule has 1 atom stereocenters. The highest BCUT2D eigenvalue weighted by Crippen LogP contribution is 2.25. The molecule has 1 aromatic rings. The summed E-state index contributed by atoms with van der Waals surface area (Å²) in [7, 11) is 0. The second-order valence-electron chi connectivity index (χ2n) is 3.93. The number of rotatable bonds is 4. The zero-order chi connectivity index (χ0) is 10.6. The lowest BCUT2D eigenvalue weighted by Gasteiger charge is -2.27. The molecule has 0 saturated heterocycles. The summed E-state index contributed by atoms with van der Waals surface area (Å²) in [4.78, 5) is 3.95. The Morgan fingerprint density at radius 3 is 2.71 bits per heavy atom. The molecule has 0 bridgehead atoms. The molecule has 0 spiro atoms. The first-order chi connectivity index (χ1) is 6.58. The van der Waals surface area contributed by atoms with Crippen molar-refractivity contribution in [1.29, 1.82) is 0 Å². The van der Waals surface area contributed by atoms with Gasteiger partial charge >= 0.3 is 0 Å². The van der Waals surface area contributed by atoms with Crippen molar-refractivity contribution < 1.29 is 4.39 Å². The highest BCUT2D eigenvalue weighted by molar-refractivity contribution is 5.12. The normalized spacial score (nSPS) is 15.5. The maximum absolute atomic E-state index is 14.2. The largest absolute Gasteiger partial charge is 0.328 e. The number of hydrogen-bond donors (Lipinski definition) is 1. The van der Waals surface area contributed by atoms with E-state index < -0.39 is 5.67 Å². The lowest BCUT2D eigenvalue weighted by Crippen LogP contribution is -2.40. The second-order valence-corrected chi connectivity index (χ2v) is 3.93. The average molecular weight is 196 g/mol. The van der Waals surface area contributed by atoms with Crippen LogP contribution in [-0.4, -0.2) is 17.2 Å². The maximum atomic E-state index is 14.2. The van der Waals surface area contributed by atoms with Gasteiger partial charge in [-0.25, -0.2) is 4.39 Å². The molecule has 0 radical (unpaired) electrons. The summed E-state index contributed by atoms with van der Waals surface area (Å²) in [5.74, 6) is -0.0762. The van der Waals surface area contributed by atoms with E-state index in [-0.39, 0.29) is 12.5 Å². The van der Waals surface area contributed by atoms with Crippen LogP contribution in [0, 0.1) is 5.92 Å². The predicted octanol–water partition coefficient (Wildman–Crippen LogP) is 1.95. The van der Waals surface area contributed by atoms with Crippen molar-refractivity contribution >= 4 is 0 Å². The van der Waals surface area contributed by atoms with Crippen LogP contribution in [0.2, 0.25) is 0 Å². The molecule has 2 N–H and O–H groups in total. The van der Waals surface area contributed by atoms with Gasteiger partial charge in [-0.05, 0) is 17.5 Å². The minimum absolute atomic E-state index is 0.0551. The zero-order valence-corrected chi connectivity index (χ0v) is 8.70. The molecular formula is C11H17FN2. The SMILES string of the molecule is CC(C)C(F)(CN)Cc1cccnc1. The fourth-order valence-electron chi connectivity index (χ4n) is 1.35. The van der Waals surface area contributed by atoms with E-state index in [1.807, 2.05) is 26.0 Å². The molecule has 0 fully saturated rings. The molecule has 0 aliphatic heterocycles. The van der Waals surface area contributed by atoms with Crippen LogP contribution in [0.1, 0.15) is 19.4 Å². The number of nitrogens with zero attached hydrogens (tertiary/aromatic N) is 1. The molecule has 1 unspecified atom stereocenters. The number of hydrogen-bond acceptors (Lipinski definition) is 2. The smallest absolute Gasteiger partial charge is 0.129 e. The van der Waals surface area contributed by atoms with Gasteiger partial charge in [-0.15, -0.1) is 0 Å². The number of halogens is 1. The van der Waals surface area contributed by atoms with Crippen LogP contribution in [0.3, 0.4) is 0 Å². The van der Waals surface area contributed by atoms with Gasteiger partial charge in [0.1, 0.15) is 5.67 Å². The van der Waals surface area contributed by atoms with Crippen molar-refractivity contribution in [2.75, 3.05) is 6.54 Å². The second kappa shape index (κ2) is 4.51. The van der Waals surface area contributed by atoms with Gasteiger partial charge in [0, 0.05) is 25.4 Å². The van der Waals surface area contributed by atoms with Gasteiger partial charge < -0.3 is 5.73 Å². The minimum atomic E-state index is -1.32. The van der Waals surface area contributed by atoms with Crippen LogP contribution >= 0.6 is 0 Å². The van der Waals surface area contributed by atoms with Crippen molar-refractivity contribution in [3.63, 3.8) is 0 Å². The molecule has 0 amide bonds. The summed E-state index contributed by atoms with van der Waals surface area (Å²) in [6.45, 7) is 3.76. The van der Waals surface area contributed by atoms with Gasteiger partial charge in [0.15, 0.2) is 0 Å². The third-order valence-electron chi connectivity index (χ3n) is 2.59. The highest BCUT2D eigenvalue weighted by Gasteiger charge is 2.32. The summed E-state index contributed by atoms with van der Waals surface area (Å²) in [6.07, 6.45) is 3.71. The summed E-state index contributed by atoms with van der Waals surface area (Å²) in [5.41, 5.74) is 5.04. The first-order valence-corrected chi connectivity index (χ1v) is 4.86. The topological polar surface area (TPSA) is 38.9 Å². The van der Waals surface area contributed by atoms with E-state index in [0.717, 1.165) is 5.56 Å². The molecule has 3 heteroatoms. The minimum Gasteiger partial charge on any atom is -0.328 e. The van der Waals surface area contributed by atoms with Crippen molar-refractivity contribution in [3.8, 4) is 0 Å². The fourth-order valence-corrected chi connectivity index (χ4v) is 1.35. The first-order valence-electron chi connectivity index (χ1n) is 4.86. The average Bonchev–Trinajstić information content (AvgIpc) is 2.19. The Balaban J connectivity index is 2.76. The van der Waals surface area contributed by atoms with Gasteiger partial charge in [-0.3, -0.25) is 4.98 Å². The van der Waals surface area contributed by atoms with Crippen molar-refractivity contribution in [2.24, 2.45) is 11.7 Å². The van der Waals surface area contributed by atoms with Gasteiger partial charge in [0.2, 0.25) is 0 Å². The third kappa shape index (κ3) is 2.51. The van der Waals surface area contributed by atoms with Crippen molar-refractivity contribution in [3.05, 3.63) is 30.1 Å². The molecule has 1 rings (SSSR count). The summed E-state index contributed by atoms with van der Waals surface area (Å²) < 4.78 is 14.2. The molecule has 1 heterocycles. The van der Waals surface area contributed by atoms with Crippen LogP contribution in [0.5, 0.6) is 0 Å². The number of aromatic nitrogens is 1. The van der Waals surface area contributed by atoms with Crippen LogP contribution in [0.25, 0.3) is 0 Å². The standard InChI is InChI=1S/C11H17FN2/c1-9(2)11(12,8-13)6-10-4-3-5-14-7-10/h3-5,7,9H,6,8,13H2,1-2H3. The van der Waals surface area contributed by atoms with Crippen LogP contribution in [-0.2, 0) is 6.42 Å². The summed E-state index contributed by atoms with van der Waals surface area (Å²) in [5, 5.41) is 0. The number of nitrogens with two attached hydrogens (primary N) is 1. The Kier molecular flexibility index (Phi) is 3.58. The van der Waals surface area contributed by atoms with Crippen molar-refractivity contribution in [1.82, 2.24) is 4.98 Å². The predicted molar refractivity (Wildman–Crippen MR) is 55.7 cm³/mol. The van der Waals surface area contributed by atoms with Gasteiger partial charge in [0.05, 0.1) is 0 Å². The molecule has 0 aromatic carbocycles. The molecule has 2 nitrogen and oxygen atoms in total. The highest BCUT2D eigenvalue weighted by atomic mass is 19.1. The van der Waals surface area contributed by atoms with Gasteiger partial charge in [0.25, 0.3) is 0 Å². The van der Waals surface area contributed by atoms with Crippen LogP contribution < -0.4 is 5.73 Å². The Morgan fingerprint density at radius 2 is 2.29 bits per heavy atom. The summed E-state index contributed by atoms with van der Waals surface area (Å²) >= 11 is 0. The van der Waals surface area contributed by atoms with E-state index in [2.05, 4.69) is 4.98 Å². The van der Waals surface area contributed by atoms with E-state index in [0.29, 0.717) is 6.42 Å². The Hall–Kier alpha value is -0.960. The molecule has 0 saturated carbocycles. The van der Waals surface area contributed by atoms with Crippen LogP contribution in [0.4, 0.5) is 4.39 Å². The lowest BCUT2D eigenvalue weighted by atomic mass is 9.86. The molecule has 0 aliphatic rings. The lowest BCUT2D eigenvalue weighted by molar-refractivity contribution is 0.110. The number of alkyl halides is 1. The summed E-state index contributed by atoms with van der Waals surface area (Å²) in [6, 6.07) is 3.69. The monoisotopic (exact) mass is 196 g/mol. The van der Waals surface area contributed by atoms with Gasteiger partial charge in [-0.2, -0.15) is 0 Å². The van der Waals surface area contributed by atoms with E-state index in [9.17, 15) is 4.39 Å². The van der Waals surface area contributed by atoms with Crippen LogP contribution in [0.15, 0.2) is 24.5 Å². The van der Waals surface area contributed by atoms with E-state index in [4.69, 9.17) is 5.73 Å². The van der Waals surface area contributed by atoms with Gasteiger partial charge in [-0.1, -0.05) is 19.9 Å². The Labute approximate surface area is 84.3 Å². The zero-order valence-electron chi connectivity index (χ0n) is 8.70. The first kappa shape index (κ1) is 11.1. The Bertz CT molecular complexity index is 274. The molecule has 1 aromatic heterocycles. The number of pyridine rings is 1. The van der Waals surface area contributed by atoms with E-state index >= 15 is 0 Å². The fraction of sp³-hybridized carbons (Fsp3) is 0.545. The molecular weight excluding hydrogens is 179 g/mol. The Morgan fingerprint density at radius 1 is 1.57 bits per heavy atom. The molecule has 14 heavy (non-hydrogen) atoms. The third-order valence-corrected chi connectivity index (χ3v) is 2.59. The quantitative estimate of drug-likeness (QED) is 0.799.